The van der Waals surface area contributed by atoms with Crippen molar-refractivity contribution < 1.29 is 14.5 Å². The van der Waals surface area contributed by atoms with E-state index in [1.807, 2.05) is 0 Å². The molecule has 0 aromatic heterocycles. The van der Waals surface area contributed by atoms with Crippen molar-refractivity contribution in [1.29, 1.82) is 0 Å². The SMILES string of the molecule is CCCCCCCOC(=O)c1cc(Cl)c(Cl)c([N+](=O)[O-])c1. The first-order valence-electron chi connectivity index (χ1n) is 6.78. The summed E-state index contributed by atoms with van der Waals surface area (Å²) in [4.78, 5) is 22.0. The third kappa shape index (κ3) is 5.52. The maximum atomic E-state index is 11.8. The molecule has 0 aliphatic carbocycles. The Morgan fingerprint density at radius 2 is 1.90 bits per heavy atom. The summed E-state index contributed by atoms with van der Waals surface area (Å²) in [7, 11) is 0. The lowest BCUT2D eigenvalue weighted by Gasteiger charge is -2.06. The van der Waals surface area contributed by atoms with Gasteiger partial charge in [-0.25, -0.2) is 4.79 Å². The number of benzene rings is 1. The summed E-state index contributed by atoms with van der Waals surface area (Å²) in [6, 6.07) is 2.35. The largest absolute Gasteiger partial charge is 0.462 e. The highest BCUT2D eigenvalue weighted by molar-refractivity contribution is 6.43. The van der Waals surface area contributed by atoms with E-state index in [0.717, 1.165) is 38.2 Å². The Labute approximate surface area is 133 Å². The topological polar surface area (TPSA) is 69.4 Å². The van der Waals surface area contributed by atoms with Gasteiger partial charge < -0.3 is 4.74 Å². The summed E-state index contributed by atoms with van der Waals surface area (Å²) < 4.78 is 5.07. The van der Waals surface area contributed by atoms with Crippen LogP contribution in [0.4, 0.5) is 5.69 Å². The fraction of sp³-hybridized carbons (Fsp3) is 0.500. The number of carbonyl (C=O) groups excluding carboxylic acids is 1. The minimum atomic E-state index is -0.685. The zero-order valence-corrected chi connectivity index (χ0v) is 13.2. The molecule has 116 valence electrons. The van der Waals surface area contributed by atoms with E-state index in [2.05, 4.69) is 6.92 Å². The van der Waals surface area contributed by atoms with Crippen LogP contribution < -0.4 is 0 Å². The molecular formula is C14H17Cl2NO4. The number of nitro groups is 1. The summed E-state index contributed by atoms with van der Waals surface area (Å²) in [6.45, 7) is 2.41. The smallest absolute Gasteiger partial charge is 0.338 e. The lowest BCUT2D eigenvalue weighted by molar-refractivity contribution is -0.384. The molecule has 0 saturated heterocycles. The Kier molecular flexibility index (Phi) is 7.47. The van der Waals surface area contributed by atoms with Crippen LogP contribution in [0.3, 0.4) is 0 Å². The van der Waals surface area contributed by atoms with Gasteiger partial charge in [0.25, 0.3) is 5.69 Å². The summed E-state index contributed by atoms with van der Waals surface area (Å²) in [6.07, 6.45) is 5.17. The van der Waals surface area contributed by atoms with Gasteiger partial charge in [-0.1, -0.05) is 55.8 Å². The van der Waals surface area contributed by atoms with Crippen molar-refractivity contribution in [3.05, 3.63) is 37.9 Å². The average Bonchev–Trinajstić information content (AvgIpc) is 2.44. The fourth-order valence-electron chi connectivity index (χ4n) is 1.78. The third-order valence-electron chi connectivity index (χ3n) is 2.92. The van der Waals surface area contributed by atoms with E-state index < -0.39 is 16.6 Å². The predicted molar refractivity (Wildman–Crippen MR) is 82.2 cm³/mol. The van der Waals surface area contributed by atoms with Crippen molar-refractivity contribution in [3.8, 4) is 0 Å². The minimum absolute atomic E-state index is 0.0321. The first-order valence-corrected chi connectivity index (χ1v) is 7.53. The van der Waals surface area contributed by atoms with E-state index in [9.17, 15) is 14.9 Å². The minimum Gasteiger partial charge on any atom is -0.462 e. The van der Waals surface area contributed by atoms with Crippen LogP contribution in [0.5, 0.6) is 0 Å². The first-order chi connectivity index (χ1) is 9.97. The number of hydrogen-bond acceptors (Lipinski definition) is 4. The number of carbonyl (C=O) groups is 1. The van der Waals surface area contributed by atoms with Gasteiger partial charge in [-0.2, -0.15) is 0 Å². The van der Waals surface area contributed by atoms with E-state index in [4.69, 9.17) is 27.9 Å². The summed E-state index contributed by atoms with van der Waals surface area (Å²) >= 11 is 11.5. The highest BCUT2D eigenvalue weighted by Crippen LogP contribution is 2.33. The van der Waals surface area contributed by atoms with Crippen molar-refractivity contribution in [3.63, 3.8) is 0 Å². The molecule has 0 saturated carbocycles. The molecule has 0 radical (unpaired) electrons. The van der Waals surface area contributed by atoms with Gasteiger partial charge in [0.15, 0.2) is 0 Å². The van der Waals surface area contributed by atoms with Gasteiger partial charge in [-0.3, -0.25) is 10.1 Å². The monoisotopic (exact) mass is 333 g/mol. The molecule has 0 bridgehead atoms. The maximum Gasteiger partial charge on any atom is 0.338 e. The van der Waals surface area contributed by atoms with Crippen LogP contribution in [0.15, 0.2) is 12.1 Å². The van der Waals surface area contributed by atoms with E-state index in [1.54, 1.807) is 0 Å². The Bertz CT molecular complexity index is 520. The Morgan fingerprint density at radius 1 is 1.24 bits per heavy atom. The van der Waals surface area contributed by atoms with Crippen LogP contribution in [0.2, 0.25) is 10.0 Å². The highest BCUT2D eigenvalue weighted by atomic mass is 35.5. The van der Waals surface area contributed by atoms with Crippen molar-refractivity contribution in [2.45, 2.75) is 39.0 Å². The number of rotatable bonds is 8. The van der Waals surface area contributed by atoms with Crippen molar-refractivity contribution in [1.82, 2.24) is 0 Å². The molecule has 1 rings (SSSR count). The molecule has 0 fully saturated rings. The van der Waals surface area contributed by atoms with E-state index in [-0.39, 0.29) is 22.2 Å². The zero-order chi connectivity index (χ0) is 15.8. The van der Waals surface area contributed by atoms with Gasteiger partial charge in [0.05, 0.1) is 22.1 Å². The summed E-state index contributed by atoms with van der Waals surface area (Å²) in [5.41, 5.74) is -0.372. The molecule has 0 spiro atoms. The van der Waals surface area contributed by atoms with Gasteiger partial charge in [-0.15, -0.1) is 0 Å². The highest BCUT2D eigenvalue weighted by Gasteiger charge is 2.20. The number of unbranched alkanes of at least 4 members (excludes halogenated alkanes) is 4. The number of esters is 1. The second kappa shape index (κ2) is 8.85. The average molecular weight is 334 g/mol. The van der Waals surface area contributed by atoms with Gasteiger partial charge in [0, 0.05) is 6.07 Å². The Balaban J connectivity index is 2.60. The Hall–Kier alpha value is -1.33. The molecule has 1 aromatic rings. The second-order valence-corrected chi connectivity index (χ2v) is 5.38. The van der Waals surface area contributed by atoms with Crippen LogP contribution in [0, 0.1) is 10.1 Å². The molecule has 5 nitrogen and oxygen atoms in total. The number of halogens is 2. The molecule has 0 aliphatic heterocycles. The number of ether oxygens (including phenoxy) is 1. The Morgan fingerprint density at radius 3 is 2.52 bits per heavy atom. The molecule has 0 atom stereocenters. The molecule has 0 aliphatic rings. The number of nitro benzene ring substituents is 1. The maximum absolute atomic E-state index is 11.8. The molecule has 21 heavy (non-hydrogen) atoms. The number of nitrogens with zero attached hydrogens (tertiary/aromatic N) is 1. The third-order valence-corrected chi connectivity index (χ3v) is 3.71. The van der Waals surface area contributed by atoms with Crippen LogP contribution in [0.1, 0.15) is 49.4 Å². The predicted octanol–water partition coefficient (Wildman–Crippen LogP) is 5.03. The zero-order valence-electron chi connectivity index (χ0n) is 11.7. The quantitative estimate of drug-likeness (QED) is 0.289. The van der Waals surface area contributed by atoms with Crippen LogP contribution in [-0.4, -0.2) is 17.5 Å². The van der Waals surface area contributed by atoms with Crippen molar-refractivity contribution in [2.24, 2.45) is 0 Å². The molecule has 0 amide bonds. The number of hydrogen-bond donors (Lipinski definition) is 0. The van der Waals surface area contributed by atoms with Crippen LogP contribution in [0.25, 0.3) is 0 Å². The normalized spacial score (nSPS) is 10.4. The van der Waals surface area contributed by atoms with E-state index in [0.29, 0.717) is 0 Å². The van der Waals surface area contributed by atoms with Gasteiger partial charge in [0.2, 0.25) is 0 Å². The van der Waals surface area contributed by atoms with Crippen molar-refractivity contribution >= 4 is 34.9 Å². The molecule has 0 N–H and O–H groups in total. The molecule has 0 unspecified atom stereocenters. The fourth-order valence-corrected chi connectivity index (χ4v) is 2.17. The summed E-state index contributed by atoms with van der Waals surface area (Å²) in [5.74, 6) is -0.632. The standard InChI is InChI=1S/C14H17Cl2NO4/c1-2-3-4-5-6-7-21-14(18)10-8-11(15)13(16)12(9-10)17(19)20/h8-9H,2-7H2,1H3. The lowest BCUT2D eigenvalue weighted by Crippen LogP contribution is -2.07. The molecule has 1 aromatic carbocycles. The molecule has 7 heteroatoms. The molecular weight excluding hydrogens is 317 g/mol. The van der Waals surface area contributed by atoms with Gasteiger partial charge >= 0.3 is 5.97 Å². The molecule has 0 heterocycles. The van der Waals surface area contributed by atoms with Crippen LogP contribution >= 0.6 is 23.2 Å². The van der Waals surface area contributed by atoms with Crippen molar-refractivity contribution in [2.75, 3.05) is 6.61 Å². The lowest BCUT2D eigenvalue weighted by atomic mass is 10.1. The van der Waals surface area contributed by atoms with Gasteiger partial charge in [-0.05, 0) is 12.5 Å². The van der Waals surface area contributed by atoms with E-state index >= 15 is 0 Å². The van der Waals surface area contributed by atoms with Crippen LogP contribution in [-0.2, 0) is 4.74 Å². The van der Waals surface area contributed by atoms with Gasteiger partial charge in [0.1, 0.15) is 5.02 Å². The first kappa shape index (κ1) is 17.7. The second-order valence-electron chi connectivity index (χ2n) is 4.60. The summed E-state index contributed by atoms with van der Waals surface area (Å²) in [5, 5.41) is 10.6. The van der Waals surface area contributed by atoms with E-state index in [1.165, 1.54) is 6.07 Å².